The van der Waals surface area contributed by atoms with E-state index in [1.54, 1.807) is 6.20 Å². The van der Waals surface area contributed by atoms with E-state index in [4.69, 9.17) is 10.5 Å². The first-order chi connectivity index (χ1) is 11.7. The number of benzene rings is 1. The van der Waals surface area contributed by atoms with Gasteiger partial charge in [0, 0.05) is 45.1 Å². The topological polar surface area (TPSA) is 82.2 Å². The molecule has 26 heavy (non-hydrogen) atoms. The number of amides is 1. The molecule has 1 aromatic carbocycles. The lowest BCUT2D eigenvalue weighted by Crippen LogP contribution is -2.57. The fourth-order valence-corrected chi connectivity index (χ4v) is 2.92. The summed E-state index contributed by atoms with van der Waals surface area (Å²) in [5.74, 6) is 0.865. The molecule has 1 aliphatic heterocycles. The number of ether oxygens (including phenoxy) is 1. The molecular formula is C18H26Cl2N4O2. The van der Waals surface area contributed by atoms with Crippen molar-refractivity contribution in [2.24, 2.45) is 5.73 Å². The predicted octanol–water partition coefficient (Wildman–Crippen LogP) is 1.94. The van der Waals surface area contributed by atoms with Gasteiger partial charge in [-0.2, -0.15) is 0 Å². The molecule has 0 bridgehead atoms. The van der Waals surface area contributed by atoms with Crippen LogP contribution in [0.4, 0.5) is 0 Å². The number of rotatable bonds is 6. The Balaban J connectivity index is 0.00000169. The molecule has 0 atom stereocenters. The lowest BCUT2D eigenvalue weighted by Gasteiger charge is -2.31. The third-order valence-electron chi connectivity index (χ3n) is 4.47. The third-order valence-corrected chi connectivity index (χ3v) is 4.47. The summed E-state index contributed by atoms with van der Waals surface area (Å²) in [7, 11) is 0. The van der Waals surface area contributed by atoms with Gasteiger partial charge in [-0.3, -0.25) is 4.79 Å². The van der Waals surface area contributed by atoms with E-state index >= 15 is 0 Å². The lowest BCUT2D eigenvalue weighted by atomic mass is 9.90. The van der Waals surface area contributed by atoms with Gasteiger partial charge in [-0.15, -0.1) is 24.8 Å². The van der Waals surface area contributed by atoms with Gasteiger partial charge in [0.25, 0.3) is 0 Å². The van der Waals surface area contributed by atoms with Crippen LogP contribution in [0, 0.1) is 0 Å². The minimum Gasteiger partial charge on any atom is -0.381 e. The summed E-state index contributed by atoms with van der Waals surface area (Å²) in [5.41, 5.74) is 6.61. The summed E-state index contributed by atoms with van der Waals surface area (Å²) in [6.45, 7) is 2.41. The van der Waals surface area contributed by atoms with Crippen molar-refractivity contribution in [3.63, 3.8) is 0 Å². The van der Waals surface area contributed by atoms with Crippen LogP contribution in [0.2, 0.25) is 0 Å². The van der Waals surface area contributed by atoms with Gasteiger partial charge >= 0.3 is 0 Å². The molecule has 1 amide bonds. The Bertz CT molecular complexity index is 673. The van der Waals surface area contributed by atoms with Gasteiger partial charge in [-0.1, -0.05) is 30.3 Å². The summed E-state index contributed by atoms with van der Waals surface area (Å²) in [6.07, 6.45) is 5.58. The Morgan fingerprint density at radius 3 is 2.62 bits per heavy atom. The maximum absolute atomic E-state index is 12.3. The summed E-state index contributed by atoms with van der Waals surface area (Å²) < 4.78 is 7.38. The SMILES string of the molecule is Cl.Cl.NC1(C(=O)NCCc2nccn2Cc2ccccc2)CCOCC1. The van der Waals surface area contributed by atoms with Crippen LogP contribution in [-0.4, -0.2) is 40.8 Å². The normalized spacial score (nSPS) is 15.4. The van der Waals surface area contributed by atoms with Crippen molar-refractivity contribution in [1.82, 2.24) is 14.9 Å². The molecule has 1 fully saturated rings. The maximum atomic E-state index is 12.3. The van der Waals surface area contributed by atoms with Crippen molar-refractivity contribution in [2.45, 2.75) is 31.3 Å². The van der Waals surface area contributed by atoms with Crippen LogP contribution in [0.3, 0.4) is 0 Å². The standard InChI is InChI=1S/C18H24N4O2.2ClH/c19-18(7-12-24-13-8-18)17(23)21-9-6-16-20-10-11-22(16)14-15-4-2-1-3-5-15;;/h1-5,10-11H,6-9,12-14,19H2,(H,21,23);2*1H. The second-order valence-corrected chi connectivity index (χ2v) is 6.23. The van der Waals surface area contributed by atoms with E-state index in [9.17, 15) is 4.79 Å². The molecule has 1 saturated heterocycles. The molecule has 0 radical (unpaired) electrons. The van der Waals surface area contributed by atoms with E-state index in [-0.39, 0.29) is 30.7 Å². The van der Waals surface area contributed by atoms with Gasteiger partial charge in [-0.25, -0.2) is 4.98 Å². The molecule has 0 aliphatic carbocycles. The van der Waals surface area contributed by atoms with Crippen LogP contribution in [0.5, 0.6) is 0 Å². The first-order valence-corrected chi connectivity index (χ1v) is 8.36. The molecular weight excluding hydrogens is 375 g/mol. The Morgan fingerprint density at radius 1 is 1.23 bits per heavy atom. The average Bonchev–Trinajstić information content (AvgIpc) is 3.03. The number of carbonyl (C=O) groups is 1. The van der Waals surface area contributed by atoms with Gasteiger partial charge in [0.2, 0.25) is 5.91 Å². The molecule has 3 N–H and O–H groups in total. The Labute approximate surface area is 166 Å². The second kappa shape index (κ2) is 10.5. The highest BCUT2D eigenvalue weighted by Crippen LogP contribution is 2.17. The maximum Gasteiger partial charge on any atom is 0.240 e. The van der Waals surface area contributed by atoms with E-state index in [1.165, 1.54) is 5.56 Å². The van der Waals surface area contributed by atoms with Crippen LogP contribution in [0.1, 0.15) is 24.2 Å². The van der Waals surface area contributed by atoms with E-state index < -0.39 is 5.54 Å². The summed E-state index contributed by atoms with van der Waals surface area (Å²) >= 11 is 0. The number of aromatic nitrogens is 2. The third kappa shape index (κ3) is 5.71. The van der Waals surface area contributed by atoms with Crippen molar-refractivity contribution in [3.8, 4) is 0 Å². The quantitative estimate of drug-likeness (QED) is 0.775. The monoisotopic (exact) mass is 400 g/mol. The van der Waals surface area contributed by atoms with Gasteiger partial charge in [0.05, 0.1) is 5.54 Å². The van der Waals surface area contributed by atoms with E-state index in [0.29, 0.717) is 39.0 Å². The van der Waals surface area contributed by atoms with E-state index in [1.807, 2.05) is 24.4 Å². The molecule has 144 valence electrons. The minimum absolute atomic E-state index is 0. The first kappa shape index (κ1) is 22.4. The fourth-order valence-electron chi connectivity index (χ4n) is 2.92. The number of imidazole rings is 1. The number of hydrogen-bond donors (Lipinski definition) is 2. The molecule has 1 aromatic heterocycles. The lowest BCUT2D eigenvalue weighted by molar-refractivity contribution is -0.129. The highest BCUT2D eigenvalue weighted by atomic mass is 35.5. The summed E-state index contributed by atoms with van der Waals surface area (Å²) in [5, 5.41) is 2.95. The van der Waals surface area contributed by atoms with Crippen LogP contribution in [0.15, 0.2) is 42.7 Å². The Hall–Kier alpha value is -1.60. The number of hydrogen-bond acceptors (Lipinski definition) is 4. The summed E-state index contributed by atoms with van der Waals surface area (Å²) in [6, 6.07) is 10.2. The van der Waals surface area contributed by atoms with Crippen molar-refractivity contribution in [1.29, 1.82) is 0 Å². The smallest absolute Gasteiger partial charge is 0.240 e. The number of nitrogens with one attached hydrogen (secondary N) is 1. The van der Waals surface area contributed by atoms with E-state index in [2.05, 4.69) is 27.0 Å². The van der Waals surface area contributed by atoms with Gasteiger partial charge < -0.3 is 20.4 Å². The molecule has 2 heterocycles. The highest BCUT2D eigenvalue weighted by Gasteiger charge is 2.35. The molecule has 0 unspecified atom stereocenters. The Kier molecular flexibility index (Phi) is 9.08. The predicted molar refractivity (Wildman–Crippen MR) is 106 cm³/mol. The number of halogens is 2. The number of carbonyl (C=O) groups excluding carboxylic acids is 1. The molecule has 3 rings (SSSR count). The van der Waals surface area contributed by atoms with E-state index in [0.717, 1.165) is 12.4 Å². The zero-order valence-corrected chi connectivity index (χ0v) is 16.2. The molecule has 6 nitrogen and oxygen atoms in total. The van der Waals surface area contributed by atoms with Crippen LogP contribution in [0.25, 0.3) is 0 Å². The zero-order chi connectivity index (χ0) is 16.8. The van der Waals surface area contributed by atoms with Gasteiger partial charge in [-0.05, 0) is 18.4 Å². The van der Waals surface area contributed by atoms with Crippen molar-refractivity contribution in [3.05, 3.63) is 54.1 Å². The van der Waals surface area contributed by atoms with Crippen molar-refractivity contribution in [2.75, 3.05) is 19.8 Å². The number of nitrogens with zero attached hydrogens (tertiary/aromatic N) is 2. The fraction of sp³-hybridized carbons (Fsp3) is 0.444. The first-order valence-electron chi connectivity index (χ1n) is 8.36. The molecule has 2 aromatic rings. The van der Waals surface area contributed by atoms with Crippen LogP contribution in [-0.2, 0) is 22.5 Å². The second-order valence-electron chi connectivity index (χ2n) is 6.23. The van der Waals surface area contributed by atoms with Crippen LogP contribution >= 0.6 is 24.8 Å². The van der Waals surface area contributed by atoms with Crippen molar-refractivity contribution < 1.29 is 9.53 Å². The molecule has 0 spiro atoms. The van der Waals surface area contributed by atoms with Gasteiger partial charge in [0.15, 0.2) is 0 Å². The molecule has 8 heteroatoms. The average molecular weight is 401 g/mol. The summed E-state index contributed by atoms with van der Waals surface area (Å²) in [4.78, 5) is 16.7. The van der Waals surface area contributed by atoms with Crippen molar-refractivity contribution >= 4 is 30.7 Å². The Morgan fingerprint density at radius 2 is 1.92 bits per heavy atom. The zero-order valence-electron chi connectivity index (χ0n) is 14.6. The van der Waals surface area contributed by atoms with Crippen LogP contribution < -0.4 is 11.1 Å². The molecule has 1 aliphatic rings. The molecule has 0 saturated carbocycles. The number of nitrogens with two attached hydrogens (primary N) is 1. The highest BCUT2D eigenvalue weighted by molar-refractivity contribution is 5.86. The van der Waals surface area contributed by atoms with Gasteiger partial charge in [0.1, 0.15) is 5.82 Å². The largest absolute Gasteiger partial charge is 0.381 e. The minimum atomic E-state index is -0.794.